The van der Waals surface area contributed by atoms with Gasteiger partial charge in [0.15, 0.2) is 0 Å². The zero-order chi connectivity index (χ0) is 13.5. The molecule has 0 fully saturated rings. The van der Waals surface area contributed by atoms with Gasteiger partial charge in [-0.25, -0.2) is 0 Å². The van der Waals surface area contributed by atoms with E-state index in [0.29, 0.717) is 5.69 Å². The molecule has 0 bridgehead atoms. The largest absolute Gasteiger partial charge is 0.399 e. The molecule has 0 heterocycles. The molecule has 0 saturated carbocycles. The number of likely N-dealkylation sites (N-methyl/N-ethyl adjacent to an activating group) is 1. The minimum Gasteiger partial charge on any atom is -0.399 e. The normalized spacial score (nSPS) is 11.9. The molecule has 0 aliphatic heterocycles. The molecule has 0 spiro atoms. The Morgan fingerprint density at radius 2 is 2.22 bits per heavy atom. The lowest BCUT2D eigenvalue weighted by molar-refractivity contribution is -0.122. The number of benzene rings is 1. The summed E-state index contributed by atoms with van der Waals surface area (Å²) in [6.45, 7) is 4.74. The average molecular weight is 249 g/mol. The summed E-state index contributed by atoms with van der Waals surface area (Å²) in [7, 11) is 1.90. The fourth-order valence-electron chi connectivity index (χ4n) is 1.68. The second-order valence-corrected chi connectivity index (χ2v) is 4.53. The van der Waals surface area contributed by atoms with Crippen LogP contribution < -0.4 is 16.0 Å². The highest BCUT2D eigenvalue weighted by Gasteiger charge is 2.17. The van der Waals surface area contributed by atoms with E-state index in [1.54, 1.807) is 0 Å². The molecule has 3 N–H and O–H groups in total. The number of nitrogen functional groups attached to an aromatic ring is 1. The number of nitrogens with one attached hydrogen (secondary N) is 1. The summed E-state index contributed by atoms with van der Waals surface area (Å²) in [5.74, 6) is 0.0494. The van der Waals surface area contributed by atoms with E-state index in [0.717, 1.165) is 25.1 Å². The van der Waals surface area contributed by atoms with Gasteiger partial charge in [-0.2, -0.15) is 0 Å². The Labute approximate surface area is 109 Å². The van der Waals surface area contributed by atoms with Crippen LogP contribution in [0.2, 0.25) is 0 Å². The molecule has 100 valence electrons. The molecule has 4 heteroatoms. The lowest BCUT2D eigenvalue weighted by atomic mass is 10.2. The van der Waals surface area contributed by atoms with Crippen molar-refractivity contribution in [3.05, 3.63) is 24.3 Å². The van der Waals surface area contributed by atoms with Crippen molar-refractivity contribution in [3.8, 4) is 0 Å². The number of carbonyl (C=O) groups excluding carboxylic acids is 1. The lowest BCUT2D eigenvalue weighted by Crippen LogP contribution is -2.43. The third kappa shape index (κ3) is 3.95. The molecule has 0 aromatic heterocycles. The van der Waals surface area contributed by atoms with Crippen LogP contribution in [0.25, 0.3) is 0 Å². The molecule has 1 atom stereocenters. The van der Waals surface area contributed by atoms with Gasteiger partial charge in [-0.1, -0.05) is 19.4 Å². The molecule has 0 radical (unpaired) electrons. The van der Waals surface area contributed by atoms with Crippen LogP contribution in [0.4, 0.5) is 11.4 Å². The van der Waals surface area contributed by atoms with E-state index in [1.165, 1.54) is 0 Å². The predicted octanol–water partition coefficient (Wildman–Crippen LogP) is 2.01. The summed E-state index contributed by atoms with van der Waals surface area (Å²) >= 11 is 0. The standard InChI is InChI=1S/C14H23N3O/c1-4-5-9-16-14(18)11(2)17(3)13-8-6-7-12(15)10-13/h6-8,10-11H,4-5,9,15H2,1-3H3,(H,16,18). The molecular weight excluding hydrogens is 226 g/mol. The van der Waals surface area contributed by atoms with Crippen LogP contribution in [0.1, 0.15) is 26.7 Å². The number of amides is 1. The maximum absolute atomic E-state index is 11.9. The number of anilines is 2. The predicted molar refractivity (Wildman–Crippen MR) is 76.6 cm³/mol. The van der Waals surface area contributed by atoms with E-state index in [9.17, 15) is 4.79 Å². The van der Waals surface area contributed by atoms with Crippen molar-refractivity contribution in [1.29, 1.82) is 0 Å². The van der Waals surface area contributed by atoms with Crippen LogP contribution in [0, 0.1) is 0 Å². The zero-order valence-corrected chi connectivity index (χ0v) is 11.4. The van der Waals surface area contributed by atoms with Crippen LogP contribution in [-0.4, -0.2) is 25.5 Å². The number of hydrogen-bond donors (Lipinski definition) is 2. The van der Waals surface area contributed by atoms with Crippen LogP contribution in [0.5, 0.6) is 0 Å². The fourth-order valence-corrected chi connectivity index (χ4v) is 1.68. The number of rotatable bonds is 6. The maximum atomic E-state index is 11.9. The number of nitrogens with zero attached hydrogens (tertiary/aromatic N) is 1. The summed E-state index contributed by atoms with van der Waals surface area (Å²) in [5, 5.41) is 2.94. The highest BCUT2D eigenvalue weighted by atomic mass is 16.2. The van der Waals surface area contributed by atoms with Crippen molar-refractivity contribution < 1.29 is 4.79 Å². The third-order valence-electron chi connectivity index (χ3n) is 3.07. The van der Waals surface area contributed by atoms with E-state index in [2.05, 4.69) is 12.2 Å². The summed E-state index contributed by atoms with van der Waals surface area (Å²) in [6, 6.07) is 7.34. The summed E-state index contributed by atoms with van der Waals surface area (Å²) < 4.78 is 0. The second kappa shape index (κ2) is 6.89. The number of unbranched alkanes of at least 4 members (excludes halogenated alkanes) is 1. The Morgan fingerprint density at radius 1 is 1.50 bits per heavy atom. The van der Waals surface area contributed by atoms with E-state index in [1.807, 2.05) is 43.1 Å². The summed E-state index contributed by atoms with van der Waals surface area (Å²) in [5.41, 5.74) is 7.40. The van der Waals surface area contributed by atoms with Crippen molar-refractivity contribution >= 4 is 17.3 Å². The van der Waals surface area contributed by atoms with Gasteiger partial charge in [0.25, 0.3) is 0 Å². The average Bonchev–Trinajstić information content (AvgIpc) is 2.37. The summed E-state index contributed by atoms with van der Waals surface area (Å²) in [6.07, 6.45) is 2.10. The van der Waals surface area contributed by atoms with Gasteiger partial charge in [-0.05, 0) is 31.5 Å². The van der Waals surface area contributed by atoms with E-state index < -0.39 is 0 Å². The van der Waals surface area contributed by atoms with Gasteiger partial charge in [0.2, 0.25) is 5.91 Å². The SMILES string of the molecule is CCCCNC(=O)C(C)N(C)c1cccc(N)c1. The van der Waals surface area contributed by atoms with Gasteiger partial charge in [-0.3, -0.25) is 4.79 Å². The van der Waals surface area contributed by atoms with Gasteiger partial charge in [0.1, 0.15) is 6.04 Å². The number of carbonyl (C=O) groups is 1. The first-order chi connectivity index (χ1) is 8.56. The monoisotopic (exact) mass is 249 g/mol. The van der Waals surface area contributed by atoms with Crippen molar-refractivity contribution in [2.45, 2.75) is 32.7 Å². The third-order valence-corrected chi connectivity index (χ3v) is 3.07. The first kappa shape index (κ1) is 14.4. The quantitative estimate of drug-likeness (QED) is 0.599. The lowest BCUT2D eigenvalue weighted by Gasteiger charge is -2.26. The van der Waals surface area contributed by atoms with Crippen LogP contribution >= 0.6 is 0 Å². The maximum Gasteiger partial charge on any atom is 0.242 e. The molecule has 1 rings (SSSR count). The van der Waals surface area contributed by atoms with Gasteiger partial charge in [0, 0.05) is 25.0 Å². The minimum atomic E-state index is -0.205. The molecule has 1 amide bonds. The highest BCUT2D eigenvalue weighted by Crippen LogP contribution is 2.18. The Hall–Kier alpha value is -1.71. The van der Waals surface area contributed by atoms with Crippen LogP contribution in [0.15, 0.2) is 24.3 Å². The van der Waals surface area contributed by atoms with E-state index in [-0.39, 0.29) is 11.9 Å². The minimum absolute atomic E-state index is 0.0494. The number of hydrogen-bond acceptors (Lipinski definition) is 3. The van der Waals surface area contributed by atoms with Crippen molar-refractivity contribution in [2.24, 2.45) is 0 Å². The molecule has 1 aromatic carbocycles. The molecule has 18 heavy (non-hydrogen) atoms. The van der Waals surface area contributed by atoms with Crippen molar-refractivity contribution in [2.75, 3.05) is 24.2 Å². The van der Waals surface area contributed by atoms with Gasteiger partial charge < -0.3 is 16.0 Å². The Morgan fingerprint density at radius 3 is 2.83 bits per heavy atom. The van der Waals surface area contributed by atoms with Gasteiger partial charge in [-0.15, -0.1) is 0 Å². The molecule has 0 saturated heterocycles. The topological polar surface area (TPSA) is 58.4 Å². The molecular formula is C14H23N3O. The van der Waals surface area contributed by atoms with Crippen molar-refractivity contribution in [3.63, 3.8) is 0 Å². The second-order valence-electron chi connectivity index (χ2n) is 4.53. The Kier molecular flexibility index (Phi) is 5.49. The fraction of sp³-hybridized carbons (Fsp3) is 0.500. The molecule has 1 unspecified atom stereocenters. The van der Waals surface area contributed by atoms with Gasteiger partial charge >= 0.3 is 0 Å². The molecule has 1 aromatic rings. The molecule has 0 aliphatic rings. The van der Waals surface area contributed by atoms with Crippen LogP contribution in [0.3, 0.4) is 0 Å². The first-order valence-electron chi connectivity index (χ1n) is 6.42. The van der Waals surface area contributed by atoms with Crippen molar-refractivity contribution in [1.82, 2.24) is 5.32 Å². The Balaban J connectivity index is 2.60. The van der Waals surface area contributed by atoms with E-state index in [4.69, 9.17) is 5.73 Å². The first-order valence-corrected chi connectivity index (χ1v) is 6.42. The summed E-state index contributed by atoms with van der Waals surface area (Å²) in [4.78, 5) is 13.9. The smallest absolute Gasteiger partial charge is 0.242 e. The van der Waals surface area contributed by atoms with Crippen LogP contribution in [-0.2, 0) is 4.79 Å². The Bertz CT molecular complexity index is 392. The molecule has 4 nitrogen and oxygen atoms in total. The molecule has 0 aliphatic carbocycles. The van der Waals surface area contributed by atoms with Gasteiger partial charge in [0.05, 0.1) is 0 Å². The zero-order valence-electron chi connectivity index (χ0n) is 11.4. The van der Waals surface area contributed by atoms with E-state index >= 15 is 0 Å². The highest BCUT2D eigenvalue weighted by molar-refractivity contribution is 5.84. The number of nitrogens with two attached hydrogens (primary N) is 1.